The third-order valence-electron chi connectivity index (χ3n) is 5.50. The van der Waals surface area contributed by atoms with Crippen LogP contribution in [0, 0.1) is 13.8 Å². The lowest BCUT2D eigenvalue weighted by molar-refractivity contribution is -0.120. The van der Waals surface area contributed by atoms with Crippen LogP contribution in [0.2, 0.25) is 0 Å². The standard InChI is InChI=1S/C27H26N2O4/c1-5-33-20-14-12-19(13-15-20)28-25-24(21-8-6-7-9-23(21)32-4)26(30)29(27(25)31)22-16-17(2)10-11-18(22)3/h6-16,28H,5H2,1-4H3. The number of imide groups is 1. The van der Waals surface area contributed by atoms with E-state index in [1.807, 2.05) is 75.4 Å². The van der Waals surface area contributed by atoms with Crippen molar-refractivity contribution in [2.45, 2.75) is 20.8 Å². The molecular weight excluding hydrogens is 416 g/mol. The van der Waals surface area contributed by atoms with Crippen LogP contribution in [0.15, 0.2) is 72.4 Å². The first-order valence-electron chi connectivity index (χ1n) is 10.8. The number of rotatable bonds is 7. The predicted molar refractivity (Wildman–Crippen MR) is 130 cm³/mol. The third-order valence-corrected chi connectivity index (χ3v) is 5.50. The van der Waals surface area contributed by atoms with E-state index >= 15 is 0 Å². The number of carbonyl (C=O) groups excluding carboxylic acids is 2. The Balaban J connectivity index is 1.83. The van der Waals surface area contributed by atoms with Crippen molar-refractivity contribution in [1.82, 2.24) is 0 Å². The molecule has 1 N–H and O–H groups in total. The van der Waals surface area contributed by atoms with Gasteiger partial charge in [0.15, 0.2) is 0 Å². The van der Waals surface area contributed by atoms with Gasteiger partial charge < -0.3 is 14.8 Å². The minimum atomic E-state index is -0.413. The summed E-state index contributed by atoms with van der Waals surface area (Å²) in [7, 11) is 1.54. The third kappa shape index (κ3) is 4.20. The van der Waals surface area contributed by atoms with Crippen LogP contribution < -0.4 is 19.7 Å². The monoisotopic (exact) mass is 442 g/mol. The Kier molecular flexibility index (Phi) is 6.18. The smallest absolute Gasteiger partial charge is 0.282 e. The molecule has 0 spiro atoms. The molecule has 0 bridgehead atoms. The summed E-state index contributed by atoms with van der Waals surface area (Å²) < 4.78 is 11.0. The number of carbonyl (C=O) groups is 2. The number of hydrogen-bond donors (Lipinski definition) is 1. The Labute approximate surface area is 193 Å². The van der Waals surface area contributed by atoms with Crippen LogP contribution in [0.1, 0.15) is 23.6 Å². The normalized spacial score (nSPS) is 13.5. The summed E-state index contributed by atoms with van der Waals surface area (Å²) in [5.74, 6) is 0.436. The van der Waals surface area contributed by atoms with Gasteiger partial charge in [-0.3, -0.25) is 9.59 Å². The van der Waals surface area contributed by atoms with E-state index in [-0.39, 0.29) is 11.3 Å². The minimum absolute atomic E-state index is 0.203. The second kappa shape index (κ2) is 9.20. The maximum atomic E-state index is 13.7. The zero-order chi connectivity index (χ0) is 23.5. The molecule has 2 amide bonds. The van der Waals surface area contributed by atoms with E-state index in [4.69, 9.17) is 9.47 Å². The van der Waals surface area contributed by atoms with Crippen LogP contribution >= 0.6 is 0 Å². The Morgan fingerprint density at radius 1 is 0.909 bits per heavy atom. The number of nitrogens with one attached hydrogen (secondary N) is 1. The van der Waals surface area contributed by atoms with E-state index in [0.29, 0.717) is 29.3 Å². The van der Waals surface area contributed by atoms with Crippen LogP contribution in [0.25, 0.3) is 5.57 Å². The number of amides is 2. The van der Waals surface area contributed by atoms with Gasteiger partial charge in [-0.1, -0.05) is 30.3 Å². The Morgan fingerprint density at radius 2 is 1.64 bits per heavy atom. The Bertz CT molecular complexity index is 1250. The molecule has 6 heteroatoms. The van der Waals surface area contributed by atoms with Gasteiger partial charge in [0, 0.05) is 11.3 Å². The number of nitrogens with zero attached hydrogens (tertiary/aromatic N) is 1. The van der Waals surface area contributed by atoms with Gasteiger partial charge in [-0.25, -0.2) is 4.90 Å². The van der Waals surface area contributed by atoms with Crippen molar-refractivity contribution < 1.29 is 19.1 Å². The molecule has 0 atom stereocenters. The summed E-state index contributed by atoms with van der Waals surface area (Å²) in [6.45, 7) is 6.30. The molecule has 0 unspecified atom stereocenters. The molecule has 1 heterocycles. The summed E-state index contributed by atoms with van der Waals surface area (Å²) in [6, 6.07) is 20.2. The van der Waals surface area contributed by atoms with Crippen molar-refractivity contribution in [3.05, 3.63) is 89.1 Å². The van der Waals surface area contributed by atoms with Gasteiger partial charge in [-0.2, -0.15) is 0 Å². The molecule has 0 saturated carbocycles. The molecule has 0 aromatic heterocycles. The molecule has 1 aliphatic heterocycles. The van der Waals surface area contributed by atoms with Crippen LogP contribution in [0.3, 0.4) is 0 Å². The van der Waals surface area contributed by atoms with Crippen molar-refractivity contribution in [3.8, 4) is 11.5 Å². The number of anilines is 2. The lowest BCUT2D eigenvalue weighted by Gasteiger charge is -2.18. The van der Waals surface area contributed by atoms with E-state index in [1.54, 1.807) is 19.2 Å². The summed E-state index contributed by atoms with van der Waals surface area (Å²) >= 11 is 0. The molecule has 0 radical (unpaired) electrons. The summed E-state index contributed by atoms with van der Waals surface area (Å²) in [4.78, 5) is 28.6. The van der Waals surface area contributed by atoms with Crippen LogP contribution in [-0.4, -0.2) is 25.5 Å². The molecule has 0 saturated heterocycles. The fourth-order valence-corrected chi connectivity index (χ4v) is 3.87. The minimum Gasteiger partial charge on any atom is -0.496 e. The van der Waals surface area contributed by atoms with Gasteiger partial charge in [0.25, 0.3) is 11.8 Å². The molecule has 1 aliphatic rings. The fourth-order valence-electron chi connectivity index (χ4n) is 3.87. The average Bonchev–Trinajstić information content (AvgIpc) is 3.06. The largest absolute Gasteiger partial charge is 0.496 e. The lowest BCUT2D eigenvalue weighted by Crippen LogP contribution is -2.33. The van der Waals surface area contributed by atoms with Crippen LogP contribution in [-0.2, 0) is 9.59 Å². The quantitative estimate of drug-likeness (QED) is 0.515. The summed E-state index contributed by atoms with van der Waals surface area (Å²) in [5, 5.41) is 3.18. The highest BCUT2D eigenvalue weighted by atomic mass is 16.5. The van der Waals surface area contributed by atoms with E-state index in [1.165, 1.54) is 4.90 Å². The Hall–Kier alpha value is -4.06. The number of benzene rings is 3. The molecule has 3 aromatic carbocycles. The highest BCUT2D eigenvalue weighted by molar-refractivity contribution is 6.46. The van der Waals surface area contributed by atoms with Crippen molar-refractivity contribution in [2.75, 3.05) is 23.9 Å². The predicted octanol–water partition coefficient (Wildman–Crippen LogP) is 5.11. The molecule has 168 valence electrons. The van der Waals surface area contributed by atoms with E-state index < -0.39 is 11.8 Å². The number of ether oxygens (including phenoxy) is 2. The van der Waals surface area contributed by atoms with Crippen LogP contribution in [0.5, 0.6) is 11.5 Å². The fraction of sp³-hybridized carbons (Fsp3) is 0.185. The van der Waals surface area contributed by atoms with Gasteiger partial charge in [-0.05, 0) is 68.3 Å². The molecule has 0 fully saturated rings. The molecular formula is C27H26N2O4. The van der Waals surface area contributed by atoms with Gasteiger partial charge in [0.2, 0.25) is 0 Å². The molecule has 0 aliphatic carbocycles. The second-order valence-corrected chi connectivity index (χ2v) is 7.77. The van der Waals surface area contributed by atoms with Gasteiger partial charge >= 0.3 is 0 Å². The average molecular weight is 443 g/mol. The van der Waals surface area contributed by atoms with E-state index in [0.717, 1.165) is 16.9 Å². The molecule has 3 aromatic rings. The number of para-hydroxylation sites is 1. The SMILES string of the molecule is CCOc1ccc(NC2=C(c3ccccc3OC)C(=O)N(c3cc(C)ccc3C)C2=O)cc1. The van der Waals surface area contributed by atoms with Gasteiger partial charge in [-0.15, -0.1) is 0 Å². The van der Waals surface area contributed by atoms with Crippen molar-refractivity contribution in [2.24, 2.45) is 0 Å². The summed E-state index contributed by atoms with van der Waals surface area (Å²) in [6.07, 6.45) is 0. The second-order valence-electron chi connectivity index (χ2n) is 7.77. The summed E-state index contributed by atoms with van der Waals surface area (Å²) in [5.41, 5.74) is 4.07. The van der Waals surface area contributed by atoms with Crippen molar-refractivity contribution >= 4 is 28.8 Å². The maximum absolute atomic E-state index is 13.7. The molecule has 6 nitrogen and oxygen atoms in total. The maximum Gasteiger partial charge on any atom is 0.282 e. The van der Waals surface area contributed by atoms with Crippen LogP contribution in [0.4, 0.5) is 11.4 Å². The Morgan fingerprint density at radius 3 is 2.33 bits per heavy atom. The molecule has 33 heavy (non-hydrogen) atoms. The van der Waals surface area contributed by atoms with Crippen molar-refractivity contribution in [3.63, 3.8) is 0 Å². The topological polar surface area (TPSA) is 67.9 Å². The highest BCUT2D eigenvalue weighted by Gasteiger charge is 2.41. The first-order valence-corrected chi connectivity index (χ1v) is 10.8. The van der Waals surface area contributed by atoms with Crippen molar-refractivity contribution in [1.29, 1.82) is 0 Å². The number of aryl methyl sites for hydroxylation is 2. The van der Waals surface area contributed by atoms with E-state index in [9.17, 15) is 9.59 Å². The van der Waals surface area contributed by atoms with Gasteiger partial charge in [0.05, 0.1) is 25.0 Å². The zero-order valence-electron chi connectivity index (χ0n) is 19.1. The molecule has 4 rings (SSSR count). The first kappa shape index (κ1) is 22.1. The lowest BCUT2D eigenvalue weighted by atomic mass is 10.0. The van der Waals surface area contributed by atoms with E-state index in [2.05, 4.69) is 5.32 Å². The zero-order valence-corrected chi connectivity index (χ0v) is 19.1. The van der Waals surface area contributed by atoms with Gasteiger partial charge in [0.1, 0.15) is 17.2 Å². The highest BCUT2D eigenvalue weighted by Crippen LogP contribution is 2.38. The number of methoxy groups -OCH3 is 1. The first-order chi connectivity index (χ1) is 15.9. The number of hydrogen-bond acceptors (Lipinski definition) is 5.